The summed E-state index contributed by atoms with van der Waals surface area (Å²) in [5, 5.41) is 0. The number of rotatable bonds is 9. The van der Waals surface area contributed by atoms with E-state index in [0.717, 1.165) is 13.0 Å². The Morgan fingerprint density at radius 2 is 2.11 bits per heavy atom. The van der Waals surface area contributed by atoms with Crippen molar-refractivity contribution in [2.24, 2.45) is 0 Å². The van der Waals surface area contributed by atoms with Crippen molar-refractivity contribution < 1.29 is 18.7 Å². The predicted octanol–water partition coefficient (Wildman–Crippen LogP) is 3.29. The average molecular weight is 268 g/mol. The lowest BCUT2D eigenvalue weighted by Gasteiger charge is -2.06. The van der Waals surface area contributed by atoms with Crippen molar-refractivity contribution >= 4 is 5.78 Å². The first-order chi connectivity index (χ1) is 9.13. The molecule has 0 aliphatic rings. The number of carbonyl (C=O) groups excluding carboxylic acids is 1. The summed E-state index contributed by atoms with van der Waals surface area (Å²) in [5.41, 5.74) is 0.562. The summed E-state index contributed by atoms with van der Waals surface area (Å²) in [7, 11) is 0. The third kappa shape index (κ3) is 6.34. The molecule has 0 amide bonds. The molecule has 0 unspecified atom stereocenters. The van der Waals surface area contributed by atoms with E-state index in [-0.39, 0.29) is 18.2 Å². The third-order valence-corrected chi connectivity index (χ3v) is 2.64. The number of ether oxygens (including phenoxy) is 2. The summed E-state index contributed by atoms with van der Waals surface area (Å²) >= 11 is 0. The van der Waals surface area contributed by atoms with E-state index in [2.05, 4.69) is 0 Å². The fraction of sp³-hybridized carbons (Fsp3) is 0.533. The first kappa shape index (κ1) is 15.6. The molecule has 0 heterocycles. The molecule has 0 saturated heterocycles. The van der Waals surface area contributed by atoms with Crippen molar-refractivity contribution in [3.8, 4) is 5.75 Å². The predicted molar refractivity (Wildman–Crippen MR) is 72.0 cm³/mol. The zero-order valence-corrected chi connectivity index (χ0v) is 11.6. The fourth-order valence-electron chi connectivity index (χ4n) is 1.52. The molecule has 106 valence electrons. The second-order valence-corrected chi connectivity index (χ2v) is 4.45. The van der Waals surface area contributed by atoms with Crippen LogP contribution >= 0.6 is 0 Å². The zero-order valence-electron chi connectivity index (χ0n) is 11.6. The van der Waals surface area contributed by atoms with E-state index in [1.165, 1.54) is 6.07 Å². The second kappa shape index (κ2) is 8.64. The van der Waals surface area contributed by atoms with Crippen LogP contribution in [0.3, 0.4) is 0 Å². The summed E-state index contributed by atoms with van der Waals surface area (Å²) in [6.45, 7) is 5.03. The SMILES string of the molecule is CCCOCCCC(=O)COc1ccc(C)c(F)c1. The maximum absolute atomic E-state index is 13.2. The third-order valence-electron chi connectivity index (χ3n) is 2.64. The van der Waals surface area contributed by atoms with Crippen LogP contribution < -0.4 is 4.74 Å². The number of aryl methyl sites for hydroxylation is 1. The van der Waals surface area contributed by atoms with Gasteiger partial charge in [0.15, 0.2) is 5.78 Å². The van der Waals surface area contributed by atoms with E-state index in [4.69, 9.17) is 9.47 Å². The van der Waals surface area contributed by atoms with Gasteiger partial charge in [-0.25, -0.2) is 4.39 Å². The van der Waals surface area contributed by atoms with Gasteiger partial charge in [0, 0.05) is 25.7 Å². The largest absolute Gasteiger partial charge is 0.486 e. The number of ketones is 1. The van der Waals surface area contributed by atoms with Gasteiger partial charge in [-0.05, 0) is 31.4 Å². The smallest absolute Gasteiger partial charge is 0.170 e. The molecule has 0 N–H and O–H groups in total. The topological polar surface area (TPSA) is 35.5 Å². The number of carbonyl (C=O) groups is 1. The Kier molecular flexibility index (Phi) is 7.11. The minimum absolute atomic E-state index is 0.00100. The minimum Gasteiger partial charge on any atom is -0.486 e. The van der Waals surface area contributed by atoms with Crippen LogP contribution in [-0.4, -0.2) is 25.6 Å². The lowest BCUT2D eigenvalue weighted by molar-refractivity contribution is -0.121. The molecule has 0 radical (unpaired) electrons. The van der Waals surface area contributed by atoms with E-state index < -0.39 is 0 Å². The Morgan fingerprint density at radius 1 is 1.32 bits per heavy atom. The van der Waals surface area contributed by atoms with Gasteiger partial charge < -0.3 is 9.47 Å². The summed E-state index contributed by atoms with van der Waals surface area (Å²) < 4.78 is 23.8. The van der Waals surface area contributed by atoms with E-state index in [9.17, 15) is 9.18 Å². The van der Waals surface area contributed by atoms with Crippen LogP contribution in [-0.2, 0) is 9.53 Å². The van der Waals surface area contributed by atoms with E-state index in [1.807, 2.05) is 6.92 Å². The van der Waals surface area contributed by atoms with Gasteiger partial charge in [0.05, 0.1) is 0 Å². The highest BCUT2D eigenvalue weighted by molar-refractivity contribution is 5.79. The summed E-state index contributed by atoms with van der Waals surface area (Å²) in [5.74, 6) is 0.0673. The van der Waals surface area contributed by atoms with Crippen LogP contribution in [0.1, 0.15) is 31.7 Å². The van der Waals surface area contributed by atoms with Crippen LogP contribution in [0.2, 0.25) is 0 Å². The van der Waals surface area contributed by atoms with Crippen molar-refractivity contribution in [2.75, 3.05) is 19.8 Å². The first-order valence-electron chi connectivity index (χ1n) is 6.62. The van der Waals surface area contributed by atoms with Crippen molar-refractivity contribution in [3.05, 3.63) is 29.6 Å². The van der Waals surface area contributed by atoms with E-state index in [0.29, 0.717) is 30.8 Å². The normalized spacial score (nSPS) is 10.5. The number of Topliss-reactive ketones (excluding diaryl/α,β-unsaturated/α-hetero) is 1. The van der Waals surface area contributed by atoms with Crippen LogP contribution in [0.25, 0.3) is 0 Å². The number of hydrogen-bond donors (Lipinski definition) is 0. The Labute approximate surface area is 113 Å². The molecule has 3 nitrogen and oxygen atoms in total. The maximum atomic E-state index is 13.2. The summed E-state index contributed by atoms with van der Waals surface area (Å²) in [6, 6.07) is 4.59. The molecule has 1 rings (SSSR count). The summed E-state index contributed by atoms with van der Waals surface area (Å²) in [6.07, 6.45) is 2.11. The molecule has 0 bridgehead atoms. The van der Waals surface area contributed by atoms with Gasteiger partial charge in [0.2, 0.25) is 0 Å². The Hall–Kier alpha value is -1.42. The highest BCUT2D eigenvalue weighted by Crippen LogP contribution is 2.15. The highest BCUT2D eigenvalue weighted by Gasteiger charge is 2.05. The van der Waals surface area contributed by atoms with Gasteiger partial charge in [-0.15, -0.1) is 0 Å². The molecule has 0 aliphatic carbocycles. The Balaban J connectivity index is 2.20. The highest BCUT2D eigenvalue weighted by atomic mass is 19.1. The lowest BCUT2D eigenvalue weighted by atomic mass is 10.2. The van der Waals surface area contributed by atoms with Crippen LogP contribution in [0.4, 0.5) is 4.39 Å². The van der Waals surface area contributed by atoms with Crippen LogP contribution in [0.5, 0.6) is 5.75 Å². The number of hydrogen-bond acceptors (Lipinski definition) is 3. The van der Waals surface area contributed by atoms with Gasteiger partial charge in [0.1, 0.15) is 18.2 Å². The zero-order chi connectivity index (χ0) is 14.1. The molecule has 0 fully saturated rings. The standard InChI is InChI=1S/C15H21FO3/c1-3-8-18-9-4-5-13(17)11-19-14-7-6-12(2)15(16)10-14/h6-7,10H,3-5,8-9,11H2,1-2H3. The van der Waals surface area contributed by atoms with E-state index >= 15 is 0 Å². The first-order valence-corrected chi connectivity index (χ1v) is 6.62. The molecular weight excluding hydrogens is 247 g/mol. The van der Waals surface area contributed by atoms with Crippen LogP contribution in [0.15, 0.2) is 18.2 Å². The molecule has 19 heavy (non-hydrogen) atoms. The maximum Gasteiger partial charge on any atom is 0.170 e. The molecule has 1 aromatic rings. The molecular formula is C15H21FO3. The molecule has 0 spiro atoms. The summed E-state index contributed by atoms with van der Waals surface area (Å²) in [4.78, 5) is 11.5. The van der Waals surface area contributed by atoms with Gasteiger partial charge in [-0.2, -0.15) is 0 Å². The van der Waals surface area contributed by atoms with Crippen molar-refractivity contribution in [1.29, 1.82) is 0 Å². The Bertz CT molecular complexity index is 404. The number of halogens is 1. The quantitative estimate of drug-likeness (QED) is 0.645. The fourth-order valence-corrected chi connectivity index (χ4v) is 1.52. The van der Waals surface area contributed by atoms with Gasteiger partial charge in [-0.1, -0.05) is 13.0 Å². The molecule has 0 aromatic heterocycles. The molecule has 0 aliphatic heterocycles. The van der Waals surface area contributed by atoms with Crippen LogP contribution in [0, 0.1) is 12.7 Å². The molecule has 0 atom stereocenters. The van der Waals surface area contributed by atoms with Gasteiger partial charge in [-0.3, -0.25) is 4.79 Å². The second-order valence-electron chi connectivity index (χ2n) is 4.45. The monoisotopic (exact) mass is 268 g/mol. The number of benzene rings is 1. The van der Waals surface area contributed by atoms with Crippen molar-refractivity contribution in [2.45, 2.75) is 33.1 Å². The Morgan fingerprint density at radius 3 is 2.79 bits per heavy atom. The molecule has 1 aromatic carbocycles. The lowest BCUT2D eigenvalue weighted by Crippen LogP contribution is -2.12. The van der Waals surface area contributed by atoms with Gasteiger partial charge in [0.25, 0.3) is 0 Å². The average Bonchev–Trinajstić information content (AvgIpc) is 2.40. The van der Waals surface area contributed by atoms with E-state index in [1.54, 1.807) is 19.1 Å². The van der Waals surface area contributed by atoms with Crippen molar-refractivity contribution in [1.82, 2.24) is 0 Å². The van der Waals surface area contributed by atoms with Gasteiger partial charge >= 0.3 is 0 Å². The molecule has 0 saturated carbocycles. The minimum atomic E-state index is -0.321. The molecule has 4 heteroatoms. The van der Waals surface area contributed by atoms with Crippen molar-refractivity contribution in [3.63, 3.8) is 0 Å².